The van der Waals surface area contributed by atoms with Crippen LogP contribution >= 0.6 is 11.3 Å². The summed E-state index contributed by atoms with van der Waals surface area (Å²) in [5, 5.41) is 0. The smallest absolute Gasteiger partial charge is 0.307 e. The highest BCUT2D eigenvalue weighted by molar-refractivity contribution is 7.16. The molecule has 1 aromatic carbocycles. The first-order valence-electron chi connectivity index (χ1n) is 5.82. The van der Waals surface area contributed by atoms with E-state index < -0.39 is 0 Å². The van der Waals surface area contributed by atoms with Crippen LogP contribution in [0.5, 0.6) is 0 Å². The summed E-state index contributed by atoms with van der Waals surface area (Å²) in [6.07, 6.45) is 0.252. The maximum atomic E-state index is 11.2. The molecule has 0 bridgehead atoms. The molecule has 0 atom stereocenters. The van der Waals surface area contributed by atoms with E-state index in [0.29, 0.717) is 11.3 Å². The van der Waals surface area contributed by atoms with Crippen LogP contribution < -0.4 is 4.80 Å². The van der Waals surface area contributed by atoms with Crippen LogP contribution in [0.3, 0.4) is 0 Å². The van der Waals surface area contributed by atoms with E-state index in [0.717, 1.165) is 10.2 Å². The van der Waals surface area contributed by atoms with Gasteiger partial charge in [-0.3, -0.25) is 9.59 Å². The number of nitrogens with zero attached hydrogens (tertiary/aromatic N) is 2. The Labute approximate surface area is 114 Å². The van der Waals surface area contributed by atoms with Crippen LogP contribution in [0.4, 0.5) is 0 Å². The minimum absolute atomic E-state index is 0.252. The molecule has 2 rings (SSSR count). The zero-order chi connectivity index (χ0) is 13.8. The molecule has 0 unspecified atom stereocenters. The van der Waals surface area contributed by atoms with E-state index in [4.69, 9.17) is 0 Å². The first kappa shape index (κ1) is 13.5. The molecule has 2 aromatic rings. The molecule has 0 aliphatic rings. The van der Waals surface area contributed by atoms with E-state index >= 15 is 0 Å². The Balaban J connectivity index is 2.48. The summed E-state index contributed by atoms with van der Waals surface area (Å²) in [5.74, 6) is -0.532. The van der Waals surface area contributed by atoms with Crippen molar-refractivity contribution in [3.8, 4) is 0 Å². The third-order valence-corrected chi connectivity index (χ3v) is 3.67. The van der Waals surface area contributed by atoms with E-state index in [1.54, 1.807) is 0 Å². The summed E-state index contributed by atoms with van der Waals surface area (Å²) in [6, 6.07) is 7.76. The molecule has 0 radical (unpaired) electrons. The molecule has 0 saturated heterocycles. The average Bonchev–Trinajstić information content (AvgIpc) is 2.72. The summed E-state index contributed by atoms with van der Waals surface area (Å²) >= 11 is 1.43. The Bertz CT molecular complexity index is 684. The fourth-order valence-electron chi connectivity index (χ4n) is 1.76. The number of methoxy groups -OCH3 is 1. The number of carbonyl (C=O) groups is 2. The number of para-hydroxylation sites is 1. The van der Waals surface area contributed by atoms with Gasteiger partial charge in [0.1, 0.15) is 0 Å². The number of rotatable bonds is 3. The maximum Gasteiger partial charge on any atom is 0.307 e. The van der Waals surface area contributed by atoms with Crippen LogP contribution in [0.1, 0.15) is 13.3 Å². The van der Waals surface area contributed by atoms with Gasteiger partial charge in [-0.15, -0.1) is 0 Å². The lowest BCUT2D eigenvalue weighted by Gasteiger charge is -2.03. The number of benzene rings is 1. The molecule has 1 heterocycles. The number of fused-ring (bicyclic) bond motifs is 1. The first-order chi connectivity index (χ1) is 9.11. The number of hydrogen-bond donors (Lipinski definition) is 0. The topological polar surface area (TPSA) is 60.7 Å². The summed E-state index contributed by atoms with van der Waals surface area (Å²) in [6.45, 7) is 1.86. The second-order valence-electron chi connectivity index (χ2n) is 3.96. The Morgan fingerprint density at radius 2 is 2.11 bits per heavy atom. The van der Waals surface area contributed by atoms with Crippen molar-refractivity contribution in [3.05, 3.63) is 29.1 Å². The molecule has 5 nitrogen and oxygen atoms in total. The fourth-order valence-corrected chi connectivity index (χ4v) is 2.86. The number of aryl methyl sites for hydroxylation is 1. The number of hydrogen-bond acceptors (Lipinski definition) is 4. The van der Waals surface area contributed by atoms with E-state index in [-0.39, 0.29) is 18.3 Å². The molecule has 0 aliphatic carbocycles. The first-order valence-corrected chi connectivity index (χ1v) is 6.64. The molecular weight excluding hydrogens is 264 g/mol. The molecule has 0 aliphatic heterocycles. The molecule has 0 fully saturated rings. The largest absolute Gasteiger partial charge is 0.469 e. The standard InChI is InChI=1S/C13H14N2O3S/c1-9(16)14-13-15(8-7-12(17)18-2)10-5-3-4-6-11(10)19-13/h3-6H,7-8H2,1-2H3. The van der Waals surface area contributed by atoms with Crippen LogP contribution in [0.2, 0.25) is 0 Å². The van der Waals surface area contributed by atoms with Gasteiger partial charge < -0.3 is 9.30 Å². The van der Waals surface area contributed by atoms with Crippen molar-refractivity contribution in [1.82, 2.24) is 4.57 Å². The summed E-state index contributed by atoms with van der Waals surface area (Å²) in [4.78, 5) is 27.0. The number of aromatic nitrogens is 1. The lowest BCUT2D eigenvalue weighted by atomic mass is 10.3. The minimum Gasteiger partial charge on any atom is -0.469 e. The van der Waals surface area contributed by atoms with Gasteiger partial charge in [0.25, 0.3) is 0 Å². The Morgan fingerprint density at radius 3 is 2.79 bits per heavy atom. The third kappa shape index (κ3) is 3.08. The maximum absolute atomic E-state index is 11.2. The number of ether oxygens (including phenoxy) is 1. The zero-order valence-electron chi connectivity index (χ0n) is 10.8. The SMILES string of the molecule is COC(=O)CCn1c(=NC(C)=O)sc2ccccc21. The van der Waals surface area contributed by atoms with E-state index in [1.807, 2.05) is 28.8 Å². The number of carbonyl (C=O) groups excluding carboxylic acids is 2. The third-order valence-electron chi connectivity index (χ3n) is 2.61. The van der Waals surface area contributed by atoms with Crippen molar-refractivity contribution in [2.45, 2.75) is 19.9 Å². The molecule has 1 amide bonds. The molecule has 0 saturated carbocycles. The van der Waals surface area contributed by atoms with E-state index in [1.165, 1.54) is 25.4 Å². The minimum atomic E-state index is -0.281. The lowest BCUT2D eigenvalue weighted by molar-refractivity contribution is -0.140. The van der Waals surface area contributed by atoms with Gasteiger partial charge in [-0.2, -0.15) is 4.99 Å². The Morgan fingerprint density at radius 1 is 1.37 bits per heavy atom. The Hall–Kier alpha value is -1.95. The van der Waals surface area contributed by atoms with Gasteiger partial charge in [0.2, 0.25) is 5.91 Å². The Kier molecular flexibility index (Phi) is 4.11. The quantitative estimate of drug-likeness (QED) is 0.803. The molecule has 19 heavy (non-hydrogen) atoms. The second-order valence-corrected chi connectivity index (χ2v) is 4.97. The average molecular weight is 278 g/mol. The van der Waals surface area contributed by atoms with Gasteiger partial charge in [0, 0.05) is 13.5 Å². The molecule has 1 aromatic heterocycles. The molecular formula is C13H14N2O3S. The molecule has 0 spiro atoms. The van der Waals surface area contributed by atoms with E-state index in [2.05, 4.69) is 9.73 Å². The van der Waals surface area contributed by atoms with Gasteiger partial charge in [-0.1, -0.05) is 23.5 Å². The predicted octanol–water partition coefficient (Wildman–Crippen LogP) is 1.71. The lowest BCUT2D eigenvalue weighted by Crippen LogP contribution is -2.18. The van der Waals surface area contributed by atoms with Crippen LogP contribution in [0, 0.1) is 0 Å². The van der Waals surface area contributed by atoms with Crippen molar-refractivity contribution < 1.29 is 14.3 Å². The number of esters is 1. The van der Waals surface area contributed by atoms with Crippen molar-refractivity contribution in [1.29, 1.82) is 0 Å². The van der Waals surface area contributed by atoms with Crippen molar-refractivity contribution in [2.24, 2.45) is 4.99 Å². The number of thiazole rings is 1. The highest BCUT2D eigenvalue weighted by Crippen LogP contribution is 2.17. The molecule has 6 heteroatoms. The normalized spacial score (nSPS) is 11.8. The second kappa shape index (κ2) is 5.79. The van der Waals surface area contributed by atoms with Crippen molar-refractivity contribution in [2.75, 3.05) is 7.11 Å². The van der Waals surface area contributed by atoms with Crippen LogP contribution in [-0.2, 0) is 20.9 Å². The summed E-state index contributed by atoms with van der Waals surface area (Å²) in [7, 11) is 1.36. The van der Waals surface area contributed by atoms with Gasteiger partial charge in [0.15, 0.2) is 4.80 Å². The van der Waals surface area contributed by atoms with Gasteiger partial charge >= 0.3 is 5.97 Å². The fraction of sp³-hybridized carbons (Fsp3) is 0.308. The van der Waals surface area contributed by atoms with Gasteiger partial charge in [0.05, 0.1) is 23.7 Å². The van der Waals surface area contributed by atoms with Crippen molar-refractivity contribution >= 4 is 33.4 Å². The van der Waals surface area contributed by atoms with E-state index in [9.17, 15) is 9.59 Å². The van der Waals surface area contributed by atoms with Gasteiger partial charge in [-0.05, 0) is 12.1 Å². The van der Waals surface area contributed by atoms with Gasteiger partial charge in [-0.25, -0.2) is 0 Å². The van der Waals surface area contributed by atoms with Crippen LogP contribution in [-0.4, -0.2) is 23.6 Å². The van der Waals surface area contributed by atoms with Crippen molar-refractivity contribution in [3.63, 3.8) is 0 Å². The molecule has 100 valence electrons. The monoisotopic (exact) mass is 278 g/mol. The number of amides is 1. The predicted molar refractivity (Wildman–Crippen MR) is 72.7 cm³/mol. The highest BCUT2D eigenvalue weighted by atomic mass is 32.1. The zero-order valence-corrected chi connectivity index (χ0v) is 11.6. The van der Waals surface area contributed by atoms with Crippen LogP contribution in [0.25, 0.3) is 10.2 Å². The van der Waals surface area contributed by atoms with Crippen LogP contribution in [0.15, 0.2) is 29.3 Å². The highest BCUT2D eigenvalue weighted by Gasteiger charge is 2.08. The molecule has 0 N–H and O–H groups in total. The summed E-state index contributed by atoms with van der Waals surface area (Å²) in [5.41, 5.74) is 0.969. The summed E-state index contributed by atoms with van der Waals surface area (Å²) < 4.78 is 7.54.